The molecule has 0 radical (unpaired) electrons. The monoisotopic (exact) mass is 255 g/mol. The van der Waals surface area contributed by atoms with Gasteiger partial charge in [0.2, 0.25) is 0 Å². The second-order valence-electron chi connectivity index (χ2n) is 1.64. The van der Waals surface area contributed by atoms with Gasteiger partial charge in [-0.25, -0.2) is 0 Å². The van der Waals surface area contributed by atoms with Crippen LogP contribution >= 0.6 is 34.8 Å². The molecule has 5 heteroatoms. The van der Waals surface area contributed by atoms with E-state index in [2.05, 4.69) is 32.8 Å². The Morgan fingerprint density at radius 2 is 2.56 bits per heavy atom. The molecule has 0 unspecified atom stereocenters. The second kappa shape index (κ2) is 2.78. The first-order valence-electron chi connectivity index (χ1n) is 2.42. The van der Waals surface area contributed by atoms with Gasteiger partial charge >= 0.3 is 0 Å². The molecule has 1 aromatic heterocycles. The van der Waals surface area contributed by atoms with Crippen LogP contribution in [0.3, 0.4) is 0 Å². The van der Waals surface area contributed by atoms with E-state index in [-0.39, 0.29) is 0 Å². The predicted octanol–water partition coefficient (Wildman–Crippen LogP) is 1.41. The molecule has 0 fully saturated rings. The van der Waals surface area contributed by atoms with Crippen LogP contribution in [-0.2, 0) is 11.5 Å². The number of alkyl halides is 1. The fraction of sp³-hybridized carbons (Fsp3) is 0.500. The zero-order valence-corrected chi connectivity index (χ0v) is 7.86. The highest BCUT2D eigenvalue weighted by atomic mass is 127. The third kappa shape index (κ3) is 1.32. The number of H-pyrrole nitrogens is 1. The van der Waals surface area contributed by atoms with E-state index in [0.717, 1.165) is 10.3 Å². The summed E-state index contributed by atoms with van der Waals surface area (Å²) in [7, 11) is 1.90. The lowest BCUT2D eigenvalue weighted by atomic mass is 10.7. The van der Waals surface area contributed by atoms with E-state index in [4.69, 9.17) is 12.2 Å². The van der Waals surface area contributed by atoms with Crippen LogP contribution < -0.4 is 0 Å². The Balaban J connectivity index is 3.20. The van der Waals surface area contributed by atoms with Crippen molar-refractivity contribution in [1.82, 2.24) is 14.8 Å². The van der Waals surface area contributed by atoms with Gasteiger partial charge in [-0.15, -0.1) is 0 Å². The number of halogens is 1. The number of aromatic nitrogens is 3. The van der Waals surface area contributed by atoms with Crippen LogP contribution in [0.4, 0.5) is 0 Å². The van der Waals surface area contributed by atoms with Crippen molar-refractivity contribution >= 4 is 34.8 Å². The molecule has 0 amide bonds. The van der Waals surface area contributed by atoms with E-state index in [0.29, 0.717) is 4.77 Å². The molecule has 0 bridgehead atoms. The summed E-state index contributed by atoms with van der Waals surface area (Å²) in [5.74, 6) is 0.987. The molecule has 0 saturated carbocycles. The summed E-state index contributed by atoms with van der Waals surface area (Å²) in [5, 5.41) is 6.67. The molecule has 1 rings (SSSR count). The fourth-order valence-electron chi connectivity index (χ4n) is 0.499. The van der Waals surface area contributed by atoms with Crippen LogP contribution in [0, 0.1) is 4.77 Å². The number of nitrogens with one attached hydrogen (secondary N) is 1. The topological polar surface area (TPSA) is 33.6 Å². The summed E-state index contributed by atoms with van der Waals surface area (Å²) in [5.41, 5.74) is 0. The lowest BCUT2D eigenvalue weighted by Crippen LogP contribution is -1.93. The number of hydrogen-bond donors (Lipinski definition) is 1. The average molecular weight is 255 g/mol. The van der Waals surface area contributed by atoms with Crippen molar-refractivity contribution in [2.75, 3.05) is 0 Å². The molecule has 1 heterocycles. The second-order valence-corrected chi connectivity index (χ2v) is 2.79. The van der Waals surface area contributed by atoms with Gasteiger partial charge in [0.15, 0.2) is 4.77 Å². The Kier molecular flexibility index (Phi) is 2.23. The molecule has 50 valence electrons. The Hall–Kier alpha value is 0.0900. The number of rotatable bonds is 1. The van der Waals surface area contributed by atoms with Crippen LogP contribution in [0.25, 0.3) is 0 Å². The molecule has 9 heavy (non-hydrogen) atoms. The third-order valence-corrected chi connectivity index (χ3v) is 2.14. The van der Waals surface area contributed by atoms with Gasteiger partial charge in [-0.1, -0.05) is 22.6 Å². The zero-order valence-electron chi connectivity index (χ0n) is 4.89. The number of nitrogens with zero attached hydrogens (tertiary/aromatic N) is 2. The highest BCUT2D eigenvalue weighted by Crippen LogP contribution is 1.99. The summed E-state index contributed by atoms with van der Waals surface area (Å²) in [6.45, 7) is 0. The molecule has 0 atom stereocenters. The minimum atomic E-state index is 0.682. The van der Waals surface area contributed by atoms with Crippen LogP contribution in [0.2, 0.25) is 0 Å². The minimum Gasteiger partial charge on any atom is -0.307 e. The Morgan fingerprint density at radius 1 is 1.89 bits per heavy atom. The third-order valence-electron chi connectivity index (χ3n) is 1.09. The van der Waals surface area contributed by atoms with Crippen molar-refractivity contribution in [1.29, 1.82) is 0 Å². The van der Waals surface area contributed by atoms with Gasteiger partial charge in [-0.3, -0.25) is 5.10 Å². The summed E-state index contributed by atoms with van der Waals surface area (Å²) < 4.78 is 3.44. The van der Waals surface area contributed by atoms with Crippen LogP contribution in [0.5, 0.6) is 0 Å². The first-order chi connectivity index (χ1) is 4.25. The Labute approximate surface area is 71.6 Å². The lowest BCUT2D eigenvalue weighted by Gasteiger charge is -1.90. The van der Waals surface area contributed by atoms with Crippen molar-refractivity contribution in [2.24, 2.45) is 7.05 Å². The molecule has 3 nitrogen and oxygen atoms in total. The maximum Gasteiger partial charge on any atom is 0.194 e. The van der Waals surface area contributed by atoms with E-state index in [1.807, 2.05) is 11.6 Å². The molecule has 0 saturated heterocycles. The lowest BCUT2D eigenvalue weighted by molar-refractivity contribution is 0.844. The van der Waals surface area contributed by atoms with Gasteiger partial charge in [-0.2, -0.15) is 5.10 Å². The van der Waals surface area contributed by atoms with Crippen molar-refractivity contribution < 1.29 is 0 Å². The van der Waals surface area contributed by atoms with Crippen LogP contribution in [0.15, 0.2) is 0 Å². The van der Waals surface area contributed by atoms with E-state index in [9.17, 15) is 0 Å². The minimum absolute atomic E-state index is 0.682. The van der Waals surface area contributed by atoms with Crippen molar-refractivity contribution in [3.05, 3.63) is 10.6 Å². The smallest absolute Gasteiger partial charge is 0.194 e. The van der Waals surface area contributed by atoms with Crippen LogP contribution in [0.1, 0.15) is 5.82 Å². The van der Waals surface area contributed by atoms with Gasteiger partial charge in [0.05, 0.1) is 4.43 Å². The summed E-state index contributed by atoms with van der Waals surface area (Å²) in [6, 6.07) is 0. The van der Waals surface area contributed by atoms with Gasteiger partial charge in [0.1, 0.15) is 5.82 Å². The first kappa shape index (κ1) is 7.20. The summed E-state index contributed by atoms with van der Waals surface area (Å²) >= 11 is 7.12. The van der Waals surface area contributed by atoms with E-state index >= 15 is 0 Å². The predicted molar refractivity (Wildman–Crippen MR) is 46.1 cm³/mol. The van der Waals surface area contributed by atoms with Gasteiger partial charge < -0.3 is 4.57 Å². The van der Waals surface area contributed by atoms with E-state index in [1.54, 1.807) is 0 Å². The molecule has 1 aromatic rings. The molecule has 0 spiro atoms. The first-order valence-corrected chi connectivity index (χ1v) is 4.35. The standard InChI is InChI=1S/C4H6IN3S/c1-8-3(2-5)6-7-4(8)9/h2H2,1H3,(H,7,9). The molecule has 0 aromatic carbocycles. The molecular formula is C4H6IN3S. The van der Waals surface area contributed by atoms with Crippen molar-refractivity contribution in [2.45, 2.75) is 4.43 Å². The SMILES string of the molecule is Cn1c(CI)n[nH]c1=S. The van der Waals surface area contributed by atoms with Gasteiger partial charge in [0.25, 0.3) is 0 Å². The molecule has 0 aliphatic heterocycles. The maximum absolute atomic E-state index is 4.88. The fourth-order valence-corrected chi connectivity index (χ4v) is 1.33. The maximum atomic E-state index is 4.88. The van der Waals surface area contributed by atoms with E-state index < -0.39 is 0 Å². The van der Waals surface area contributed by atoms with Crippen LogP contribution in [-0.4, -0.2) is 14.8 Å². The number of hydrogen-bond acceptors (Lipinski definition) is 2. The highest BCUT2D eigenvalue weighted by Gasteiger charge is 1.96. The summed E-state index contributed by atoms with van der Waals surface area (Å²) in [4.78, 5) is 0. The van der Waals surface area contributed by atoms with Gasteiger partial charge in [-0.05, 0) is 12.2 Å². The van der Waals surface area contributed by atoms with E-state index in [1.165, 1.54) is 0 Å². The highest BCUT2D eigenvalue weighted by molar-refractivity contribution is 14.1. The Morgan fingerprint density at radius 3 is 2.78 bits per heavy atom. The molecule has 0 aliphatic rings. The number of aromatic amines is 1. The quantitative estimate of drug-likeness (QED) is 0.467. The normalized spacial score (nSPS) is 10.0. The van der Waals surface area contributed by atoms with Gasteiger partial charge in [0, 0.05) is 7.05 Å². The summed E-state index contributed by atoms with van der Waals surface area (Å²) in [6.07, 6.45) is 0. The average Bonchev–Trinajstić information content (AvgIpc) is 2.15. The Bertz CT molecular complexity index is 251. The molecule has 0 aliphatic carbocycles. The largest absolute Gasteiger partial charge is 0.307 e. The molecular weight excluding hydrogens is 249 g/mol. The zero-order chi connectivity index (χ0) is 6.85. The van der Waals surface area contributed by atoms with Crippen molar-refractivity contribution in [3.63, 3.8) is 0 Å². The molecule has 1 N–H and O–H groups in total. The van der Waals surface area contributed by atoms with Crippen molar-refractivity contribution in [3.8, 4) is 0 Å².